The number of aliphatic carboxylic acids is 1. The van der Waals surface area contributed by atoms with E-state index in [1.165, 1.54) is 24.3 Å². The number of ether oxygens (including phenoxy) is 2. The standard InChI is InChI=1S/C21H18O12/c22-8-3-1-7(2-4-8)11-5-9(23)13-12(31-11)6-10(24)14(25)18(13)32-21-17(28)15(26)16(27)19(33-21)20(29)30/h1-6,15-17,19,21-22,24-28H,(H,29,30). The van der Waals surface area contributed by atoms with Crippen molar-refractivity contribution in [2.45, 2.75) is 30.7 Å². The topological polar surface area (TPSA) is 207 Å². The molecule has 3 aromatic rings. The largest absolute Gasteiger partial charge is 0.508 e. The highest BCUT2D eigenvalue weighted by Crippen LogP contribution is 2.43. The SMILES string of the molecule is O=C(O)C1OC(Oc2c(O)c(O)cc3oc(-c4ccc(O)cc4)cc(=O)c23)C(O)C(O)C1O. The molecule has 33 heavy (non-hydrogen) atoms. The number of benzene rings is 2. The van der Waals surface area contributed by atoms with Gasteiger partial charge in [-0.15, -0.1) is 0 Å². The van der Waals surface area contributed by atoms with Gasteiger partial charge >= 0.3 is 5.97 Å². The first-order chi connectivity index (χ1) is 15.6. The predicted octanol–water partition coefficient (Wildman–Crippen LogP) is -0.152. The molecule has 5 unspecified atom stereocenters. The van der Waals surface area contributed by atoms with E-state index in [4.69, 9.17) is 19.0 Å². The van der Waals surface area contributed by atoms with Crippen LogP contribution in [0.5, 0.6) is 23.0 Å². The highest BCUT2D eigenvalue weighted by Gasteiger charge is 2.48. The Bertz CT molecular complexity index is 1260. The summed E-state index contributed by atoms with van der Waals surface area (Å²) >= 11 is 0. The summed E-state index contributed by atoms with van der Waals surface area (Å²) in [7, 11) is 0. The fourth-order valence-corrected chi connectivity index (χ4v) is 3.41. The highest BCUT2D eigenvalue weighted by atomic mass is 16.7. The molecule has 0 amide bonds. The first-order valence-corrected chi connectivity index (χ1v) is 9.49. The van der Waals surface area contributed by atoms with Crippen molar-refractivity contribution in [1.82, 2.24) is 0 Å². The summed E-state index contributed by atoms with van der Waals surface area (Å²) in [5.41, 5.74) is -0.573. The third kappa shape index (κ3) is 3.91. The second-order valence-electron chi connectivity index (χ2n) is 7.32. The normalized spacial score (nSPS) is 25.1. The molecule has 1 aliphatic heterocycles. The maximum absolute atomic E-state index is 12.9. The van der Waals surface area contributed by atoms with Crippen LogP contribution >= 0.6 is 0 Å². The van der Waals surface area contributed by atoms with Gasteiger partial charge in [-0.25, -0.2) is 4.79 Å². The number of aromatic hydroxyl groups is 3. The number of rotatable bonds is 4. The fraction of sp³-hybridized carbons (Fsp3) is 0.238. The molecule has 12 heteroatoms. The van der Waals surface area contributed by atoms with E-state index in [0.717, 1.165) is 12.1 Å². The van der Waals surface area contributed by atoms with Crippen LogP contribution in [-0.4, -0.2) is 72.4 Å². The fourth-order valence-electron chi connectivity index (χ4n) is 3.41. The van der Waals surface area contributed by atoms with Crippen molar-refractivity contribution in [1.29, 1.82) is 0 Å². The molecule has 2 aromatic carbocycles. The molecule has 0 aliphatic carbocycles. The lowest BCUT2D eigenvalue weighted by Gasteiger charge is -2.38. The van der Waals surface area contributed by atoms with E-state index in [9.17, 15) is 40.2 Å². The molecule has 1 aromatic heterocycles. The van der Waals surface area contributed by atoms with Gasteiger partial charge in [0.05, 0.1) is 0 Å². The Labute approximate surface area is 183 Å². The third-order valence-electron chi connectivity index (χ3n) is 5.13. The van der Waals surface area contributed by atoms with E-state index in [2.05, 4.69) is 0 Å². The summed E-state index contributed by atoms with van der Waals surface area (Å²) < 4.78 is 16.0. The number of phenols is 3. The minimum atomic E-state index is -1.99. The van der Waals surface area contributed by atoms with Gasteiger partial charge in [0.25, 0.3) is 0 Å². The molecule has 0 bridgehead atoms. The van der Waals surface area contributed by atoms with E-state index >= 15 is 0 Å². The zero-order chi connectivity index (χ0) is 24.0. The van der Waals surface area contributed by atoms with Crippen LogP contribution in [0, 0.1) is 0 Å². The van der Waals surface area contributed by atoms with Gasteiger partial charge < -0.3 is 49.6 Å². The molecule has 0 radical (unpaired) electrons. The summed E-state index contributed by atoms with van der Waals surface area (Å²) in [6.45, 7) is 0. The zero-order valence-corrected chi connectivity index (χ0v) is 16.5. The lowest BCUT2D eigenvalue weighted by Crippen LogP contribution is -2.61. The number of hydrogen-bond acceptors (Lipinski definition) is 11. The average Bonchev–Trinajstić information content (AvgIpc) is 2.76. The summed E-state index contributed by atoms with van der Waals surface area (Å²) in [5, 5.41) is 68.5. The van der Waals surface area contributed by atoms with Crippen LogP contribution in [0.25, 0.3) is 22.3 Å². The molecule has 0 spiro atoms. The first kappa shape index (κ1) is 22.4. The maximum Gasteiger partial charge on any atom is 0.335 e. The van der Waals surface area contributed by atoms with Crippen LogP contribution in [0.2, 0.25) is 0 Å². The molecular formula is C21H18O12. The number of carboxylic acids is 1. The van der Waals surface area contributed by atoms with Gasteiger partial charge in [-0.3, -0.25) is 4.79 Å². The van der Waals surface area contributed by atoms with Crippen molar-refractivity contribution in [3.8, 4) is 34.3 Å². The molecule has 4 rings (SSSR count). The van der Waals surface area contributed by atoms with Crippen LogP contribution < -0.4 is 10.2 Å². The van der Waals surface area contributed by atoms with Crippen molar-refractivity contribution in [2.24, 2.45) is 0 Å². The van der Waals surface area contributed by atoms with Crippen molar-refractivity contribution in [2.75, 3.05) is 0 Å². The molecule has 5 atom stereocenters. The number of carbonyl (C=O) groups is 1. The summed E-state index contributed by atoms with van der Waals surface area (Å²) in [6, 6.07) is 7.67. The molecule has 174 valence electrons. The van der Waals surface area contributed by atoms with E-state index < -0.39 is 59.4 Å². The van der Waals surface area contributed by atoms with Gasteiger partial charge in [0.1, 0.15) is 40.8 Å². The van der Waals surface area contributed by atoms with E-state index in [0.29, 0.717) is 5.56 Å². The number of carboxylic acid groups (broad SMARTS) is 1. The van der Waals surface area contributed by atoms with E-state index in [1.807, 2.05) is 0 Å². The van der Waals surface area contributed by atoms with Crippen LogP contribution in [0.1, 0.15) is 0 Å². The molecule has 7 N–H and O–H groups in total. The molecule has 12 nitrogen and oxygen atoms in total. The Morgan fingerprint density at radius 1 is 0.939 bits per heavy atom. The van der Waals surface area contributed by atoms with Gasteiger partial charge in [0, 0.05) is 17.7 Å². The molecule has 2 heterocycles. The summed E-state index contributed by atoms with van der Waals surface area (Å²) in [6.07, 6.45) is -9.89. The number of phenolic OH excluding ortho intramolecular Hbond substituents is 3. The Balaban J connectivity index is 1.80. The predicted molar refractivity (Wildman–Crippen MR) is 108 cm³/mol. The average molecular weight is 462 g/mol. The first-order valence-electron chi connectivity index (χ1n) is 9.49. The van der Waals surface area contributed by atoms with Gasteiger partial charge in [-0.05, 0) is 24.3 Å². The quantitative estimate of drug-likeness (QED) is 0.253. The lowest BCUT2D eigenvalue weighted by atomic mass is 9.99. The van der Waals surface area contributed by atoms with E-state index in [-0.39, 0.29) is 22.5 Å². The van der Waals surface area contributed by atoms with Gasteiger partial charge in [-0.1, -0.05) is 0 Å². The van der Waals surface area contributed by atoms with E-state index in [1.54, 1.807) is 0 Å². The number of fused-ring (bicyclic) bond motifs is 1. The monoisotopic (exact) mass is 462 g/mol. The summed E-state index contributed by atoms with van der Waals surface area (Å²) in [5.74, 6) is -4.03. The van der Waals surface area contributed by atoms with Crippen molar-refractivity contribution in [3.05, 3.63) is 46.6 Å². The Morgan fingerprint density at radius 2 is 1.61 bits per heavy atom. The van der Waals surface area contributed by atoms with Crippen molar-refractivity contribution in [3.63, 3.8) is 0 Å². The van der Waals surface area contributed by atoms with Gasteiger partial charge in [0.2, 0.25) is 12.0 Å². The van der Waals surface area contributed by atoms with Crippen LogP contribution in [-0.2, 0) is 9.53 Å². The lowest BCUT2D eigenvalue weighted by molar-refractivity contribution is -0.271. The van der Waals surface area contributed by atoms with Crippen molar-refractivity contribution >= 4 is 16.9 Å². The summed E-state index contributed by atoms with van der Waals surface area (Å²) in [4.78, 5) is 24.2. The molecule has 1 saturated heterocycles. The Kier molecular flexibility index (Phi) is 5.59. The van der Waals surface area contributed by atoms with Gasteiger partial charge in [-0.2, -0.15) is 0 Å². The zero-order valence-electron chi connectivity index (χ0n) is 16.5. The maximum atomic E-state index is 12.9. The molecule has 0 saturated carbocycles. The minimum absolute atomic E-state index is 0.0156. The van der Waals surface area contributed by atoms with Crippen LogP contribution in [0.15, 0.2) is 45.6 Å². The minimum Gasteiger partial charge on any atom is -0.508 e. The third-order valence-corrected chi connectivity index (χ3v) is 5.13. The highest BCUT2D eigenvalue weighted by molar-refractivity contribution is 5.89. The van der Waals surface area contributed by atoms with Crippen LogP contribution in [0.4, 0.5) is 0 Å². The second kappa shape index (κ2) is 8.26. The number of aliphatic hydroxyl groups is 3. The van der Waals surface area contributed by atoms with Crippen LogP contribution in [0.3, 0.4) is 0 Å². The van der Waals surface area contributed by atoms with Crippen molar-refractivity contribution < 1.29 is 54.4 Å². The Hall–Kier alpha value is -3.84. The Morgan fingerprint density at radius 3 is 2.24 bits per heavy atom. The van der Waals surface area contributed by atoms with Gasteiger partial charge in [0.15, 0.2) is 23.0 Å². The smallest absolute Gasteiger partial charge is 0.335 e. The molecule has 1 fully saturated rings. The molecule has 1 aliphatic rings. The number of aliphatic hydroxyl groups excluding tert-OH is 3. The second-order valence-corrected chi connectivity index (χ2v) is 7.32. The number of hydrogen-bond donors (Lipinski definition) is 7. The molecular weight excluding hydrogens is 444 g/mol.